The van der Waals surface area contributed by atoms with Gasteiger partial charge in [0, 0.05) is 23.7 Å². The highest BCUT2D eigenvalue weighted by molar-refractivity contribution is 5.92. The van der Waals surface area contributed by atoms with Crippen LogP contribution in [0.3, 0.4) is 0 Å². The largest absolute Gasteiger partial charge is 0.451 e. The number of benzene rings is 1. The Morgan fingerprint density at radius 1 is 1.14 bits per heavy atom. The van der Waals surface area contributed by atoms with Crippen molar-refractivity contribution in [3.8, 4) is 11.3 Å². The predicted octanol–water partition coefficient (Wildman–Crippen LogP) is 2.57. The molecule has 2 N–H and O–H groups in total. The molecule has 21 heavy (non-hydrogen) atoms. The number of amides is 1. The molecule has 2 aromatic rings. The van der Waals surface area contributed by atoms with E-state index < -0.39 is 0 Å². The maximum absolute atomic E-state index is 12.3. The van der Waals surface area contributed by atoms with Gasteiger partial charge in [-0.25, -0.2) is 0 Å². The van der Waals surface area contributed by atoms with Crippen molar-refractivity contribution in [1.29, 1.82) is 0 Å². The first kappa shape index (κ1) is 12.7. The molecule has 2 bridgehead atoms. The Hall–Kier alpha value is -2.07. The second-order valence-electron chi connectivity index (χ2n) is 5.89. The van der Waals surface area contributed by atoms with E-state index in [1.54, 1.807) is 6.07 Å². The van der Waals surface area contributed by atoms with Crippen molar-refractivity contribution in [1.82, 2.24) is 10.6 Å². The molecule has 3 heterocycles. The number of hydrogen-bond acceptors (Lipinski definition) is 3. The van der Waals surface area contributed by atoms with Crippen molar-refractivity contribution in [2.24, 2.45) is 0 Å². The first-order valence-electron chi connectivity index (χ1n) is 7.52. The third-order valence-electron chi connectivity index (χ3n) is 4.50. The van der Waals surface area contributed by atoms with Crippen LogP contribution in [0.25, 0.3) is 11.3 Å². The fourth-order valence-corrected chi connectivity index (χ4v) is 3.44. The van der Waals surface area contributed by atoms with E-state index in [4.69, 9.17) is 4.42 Å². The van der Waals surface area contributed by atoms with E-state index in [0.29, 0.717) is 17.8 Å². The van der Waals surface area contributed by atoms with Gasteiger partial charge >= 0.3 is 0 Å². The Balaban J connectivity index is 1.47. The SMILES string of the molecule is O=C(NC1CC2CCC1N2)c1ccc(-c2ccccc2)o1. The number of carbonyl (C=O) groups excluding carboxylic acids is 1. The number of fused-ring (bicyclic) bond motifs is 2. The number of nitrogens with one attached hydrogen (secondary N) is 2. The van der Waals surface area contributed by atoms with Crippen molar-refractivity contribution in [2.45, 2.75) is 37.4 Å². The van der Waals surface area contributed by atoms with Gasteiger partial charge in [0.05, 0.1) is 0 Å². The highest BCUT2D eigenvalue weighted by Gasteiger charge is 2.39. The summed E-state index contributed by atoms with van der Waals surface area (Å²) >= 11 is 0. The summed E-state index contributed by atoms with van der Waals surface area (Å²) < 4.78 is 5.69. The van der Waals surface area contributed by atoms with Crippen molar-refractivity contribution in [2.75, 3.05) is 0 Å². The average molecular weight is 282 g/mol. The molecular formula is C17H18N2O2. The number of rotatable bonds is 3. The molecule has 3 unspecified atom stereocenters. The molecule has 2 aliphatic heterocycles. The second-order valence-corrected chi connectivity index (χ2v) is 5.89. The zero-order valence-electron chi connectivity index (χ0n) is 11.7. The van der Waals surface area contributed by atoms with E-state index in [9.17, 15) is 4.79 Å². The van der Waals surface area contributed by atoms with Gasteiger partial charge in [-0.1, -0.05) is 30.3 Å². The molecule has 4 rings (SSSR count). The van der Waals surface area contributed by atoms with Crippen molar-refractivity contribution in [3.05, 3.63) is 48.2 Å². The lowest BCUT2D eigenvalue weighted by Gasteiger charge is -2.20. The Kier molecular flexibility index (Phi) is 3.04. The van der Waals surface area contributed by atoms with Crippen molar-refractivity contribution >= 4 is 5.91 Å². The molecule has 1 aromatic carbocycles. The van der Waals surface area contributed by atoms with Gasteiger partial charge < -0.3 is 15.1 Å². The standard InChI is InChI=1S/C17H18N2O2/c20-17(19-14-10-12-6-7-13(14)18-12)16-9-8-15(21-16)11-4-2-1-3-5-11/h1-5,8-9,12-14,18H,6-7,10H2,(H,19,20). The molecule has 2 fully saturated rings. The normalized spacial score (nSPS) is 27.0. The topological polar surface area (TPSA) is 54.3 Å². The Morgan fingerprint density at radius 3 is 2.71 bits per heavy atom. The third-order valence-corrected chi connectivity index (χ3v) is 4.50. The smallest absolute Gasteiger partial charge is 0.287 e. The summed E-state index contributed by atoms with van der Waals surface area (Å²) in [4.78, 5) is 12.3. The molecule has 108 valence electrons. The van der Waals surface area contributed by atoms with Gasteiger partial charge in [0.15, 0.2) is 5.76 Å². The second kappa shape index (κ2) is 5.04. The van der Waals surface area contributed by atoms with Crippen LogP contribution in [-0.2, 0) is 0 Å². The van der Waals surface area contributed by atoms with Crippen LogP contribution in [0.1, 0.15) is 29.8 Å². The maximum atomic E-state index is 12.3. The van der Waals surface area contributed by atoms with E-state index in [0.717, 1.165) is 24.2 Å². The Bertz CT molecular complexity index is 650. The molecule has 0 aliphatic carbocycles. The summed E-state index contributed by atoms with van der Waals surface area (Å²) in [5.41, 5.74) is 0.984. The van der Waals surface area contributed by atoms with E-state index in [-0.39, 0.29) is 11.9 Å². The lowest BCUT2D eigenvalue weighted by atomic mass is 9.95. The van der Waals surface area contributed by atoms with Crippen LogP contribution in [0.5, 0.6) is 0 Å². The van der Waals surface area contributed by atoms with Gasteiger partial charge in [-0.2, -0.15) is 0 Å². The molecule has 4 heteroatoms. The van der Waals surface area contributed by atoms with Gasteiger partial charge in [0.2, 0.25) is 0 Å². The van der Waals surface area contributed by atoms with Gasteiger partial charge in [-0.15, -0.1) is 0 Å². The average Bonchev–Trinajstić information content (AvgIpc) is 3.24. The summed E-state index contributed by atoms with van der Waals surface area (Å²) in [7, 11) is 0. The molecular weight excluding hydrogens is 264 g/mol. The zero-order chi connectivity index (χ0) is 14.2. The molecule has 2 aliphatic rings. The molecule has 3 atom stereocenters. The van der Waals surface area contributed by atoms with E-state index in [2.05, 4.69) is 10.6 Å². The van der Waals surface area contributed by atoms with Crippen LogP contribution < -0.4 is 10.6 Å². The van der Waals surface area contributed by atoms with Crippen LogP contribution in [-0.4, -0.2) is 24.0 Å². The zero-order valence-corrected chi connectivity index (χ0v) is 11.7. The van der Waals surface area contributed by atoms with Crippen molar-refractivity contribution in [3.63, 3.8) is 0 Å². The predicted molar refractivity (Wildman–Crippen MR) is 80.0 cm³/mol. The quantitative estimate of drug-likeness (QED) is 0.909. The molecule has 1 aromatic heterocycles. The van der Waals surface area contributed by atoms with Crippen LogP contribution in [0.15, 0.2) is 46.9 Å². The first-order valence-corrected chi connectivity index (χ1v) is 7.52. The number of hydrogen-bond donors (Lipinski definition) is 2. The summed E-state index contributed by atoms with van der Waals surface area (Å²) in [6.07, 6.45) is 3.42. The number of carbonyl (C=O) groups is 1. The minimum atomic E-state index is -0.114. The van der Waals surface area contributed by atoms with Crippen molar-refractivity contribution < 1.29 is 9.21 Å². The fourth-order valence-electron chi connectivity index (χ4n) is 3.44. The highest BCUT2D eigenvalue weighted by atomic mass is 16.3. The number of furan rings is 1. The maximum Gasteiger partial charge on any atom is 0.287 e. The minimum Gasteiger partial charge on any atom is -0.451 e. The van der Waals surface area contributed by atoms with Crippen LogP contribution >= 0.6 is 0 Å². The van der Waals surface area contributed by atoms with E-state index in [1.807, 2.05) is 36.4 Å². The van der Waals surface area contributed by atoms with Gasteiger partial charge in [-0.05, 0) is 31.4 Å². The first-order chi connectivity index (χ1) is 10.3. The van der Waals surface area contributed by atoms with E-state index in [1.165, 1.54) is 6.42 Å². The van der Waals surface area contributed by atoms with Gasteiger partial charge in [0.25, 0.3) is 5.91 Å². The summed E-state index contributed by atoms with van der Waals surface area (Å²) in [5, 5.41) is 6.62. The highest BCUT2D eigenvalue weighted by Crippen LogP contribution is 2.28. The third kappa shape index (κ3) is 2.36. The Morgan fingerprint density at radius 2 is 2.00 bits per heavy atom. The molecule has 0 radical (unpaired) electrons. The molecule has 2 saturated heterocycles. The van der Waals surface area contributed by atoms with Crippen LogP contribution in [0.2, 0.25) is 0 Å². The molecule has 0 spiro atoms. The lowest BCUT2D eigenvalue weighted by Crippen LogP contribution is -2.42. The molecule has 4 nitrogen and oxygen atoms in total. The van der Waals surface area contributed by atoms with Crippen LogP contribution in [0.4, 0.5) is 0 Å². The van der Waals surface area contributed by atoms with Crippen LogP contribution in [0, 0.1) is 0 Å². The Labute approximate surface area is 123 Å². The summed E-state index contributed by atoms with van der Waals surface area (Å²) in [6, 6.07) is 14.7. The summed E-state index contributed by atoms with van der Waals surface area (Å²) in [5.74, 6) is 1.000. The molecule has 0 saturated carbocycles. The van der Waals surface area contributed by atoms with Gasteiger partial charge in [-0.3, -0.25) is 4.79 Å². The fraction of sp³-hybridized carbons (Fsp3) is 0.353. The summed E-state index contributed by atoms with van der Waals surface area (Å²) in [6.45, 7) is 0. The van der Waals surface area contributed by atoms with E-state index >= 15 is 0 Å². The minimum absolute atomic E-state index is 0.114. The lowest BCUT2D eigenvalue weighted by molar-refractivity contribution is 0.0903. The van der Waals surface area contributed by atoms with Gasteiger partial charge in [0.1, 0.15) is 5.76 Å². The molecule has 1 amide bonds. The monoisotopic (exact) mass is 282 g/mol.